The van der Waals surface area contributed by atoms with E-state index in [0.29, 0.717) is 6.61 Å². The summed E-state index contributed by atoms with van der Waals surface area (Å²) >= 11 is 1.70. The predicted molar refractivity (Wildman–Crippen MR) is 77.0 cm³/mol. The quantitative estimate of drug-likeness (QED) is 0.896. The van der Waals surface area contributed by atoms with Crippen LogP contribution in [0.25, 0.3) is 0 Å². The molecule has 1 aromatic heterocycles. The Morgan fingerprint density at radius 1 is 1.26 bits per heavy atom. The highest BCUT2D eigenvalue weighted by Gasteiger charge is 2.08. The molecule has 0 aliphatic heterocycles. The molecule has 1 unspecified atom stereocenters. The zero-order valence-corrected chi connectivity index (χ0v) is 12.0. The Kier molecular flexibility index (Phi) is 4.56. The number of ether oxygens (including phenoxy) is 1. The Morgan fingerprint density at radius 3 is 2.58 bits per heavy atom. The maximum absolute atomic E-state index is 13.8. The van der Waals surface area contributed by atoms with Crippen molar-refractivity contribution < 1.29 is 9.13 Å². The number of halogens is 1. The summed E-state index contributed by atoms with van der Waals surface area (Å²) in [5.41, 5.74) is 6.48. The largest absolute Gasteiger partial charge is 0.485 e. The molecule has 2 rings (SSSR count). The minimum Gasteiger partial charge on any atom is -0.485 e. The zero-order chi connectivity index (χ0) is 13.8. The van der Waals surface area contributed by atoms with E-state index in [1.165, 1.54) is 10.9 Å². The van der Waals surface area contributed by atoms with Gasteiger partial charge < -0.3 is 10.5 Å². The molecule has 1 atom stereocenters. The molecule has 0 fully saturated rings. The molecule has 0 saturated carbocycles. The highest BCUT2D eigenvalue weighted by atomic mass is 32.1. The van der Waals surface area contributed by atoms with Crippen LogP contribution in [-0.4, -0.2) is 0 Å². The predicted octanol–water partition coefficient (Wildman–Crippen LogP) is 4.05. The van der Waals surface area contributed by atoms with Crippen molar-refractivity contribution in [1.29, 1.82) is 0 Å². The summed E-state index contributed by atoms with van der Waals surface area (Å²) in [6.45, 7) is 4.34. The van der Waals surface area contributed by atoms with Crippen molar-refractivity contribution in [2.45, 2.75) is 32.9 Å². The molecular formula is C15H18FNOS. The average Bonchev–Trinajstić information content (AvgIpc) is 2.85. The molecule has 1 aromatic carbocycles. The van der Waals surface area contributed by atoms with Crippen molar-refractivity contribution >= 4 is 11.3 Å². The van der Waals surface area contributed by atoms with Crippen LogP contribution in [0.2, 0.25) is 0 Å². The molecule has 102 valence electrons. The fourth-order valence-electron chi connectivity index (χ4n) is 1.76. The van der Waals surface area contributed by atoms with Crippen molar-refractivity contribution in [3.05, 3.63) is 51.5 Å². The molecular weight excluding hydrogens is 261 g/mol. The molecule has 0 saturated heterocycles. The summed E-state index contributed by atoms with van der Waals surface area (Å²) in [7, 11) is 0. The maximum atomic E-state index is 13.8. The Bertz CT molecular complexity index is 551. The SMILES string of the molecule is CCc1ccc(COc2ccc(C(C)N)cc2F)s1. The third-order valence-electron chi connectivity index (χ3n) is 2.92. The number of hydrogen-bond donors (Lipinski definition) is 1. The van der Waals surface area contributed by atoms with Crippen LogP contribution in [0.3, 0.4) is 0 Å². The van der Waals surface area contributed by atoms with Crippen LogP contribution in [0.4, 0.5) is 4.39 Å². The summed E-state index contributed by atoms with van der Waals surface area (Å²) in [5.74, 6) is -0.0853. The van der Waals surface area contributed by atoms with Crippen LogP contribution in [0, 0.1) is 5.82 Å². The van der Waals surface area contributed by atoms with E-state index < -0.39 is 0 Å². The fourth-order valence-corrected chi connectivity index (χ4v) is 2.63. The van der Waals surface area contributed by atoms with E-state index in [4.69, 9.17) is 10.5 Å². The smallest absolute Gasteiger partial charge is 0.165 e. The van der Waals surface area contributed by atoms with Gasteiger partial charge in [-0.1, -0.05) is 13.0 Å². The molecule has 2 aromatic rings. The first-order valence-corrected chi connectivity index (χ1v) is 7.17. The van der Waals surface area contributed by atoms with Gasteiger partial charge in [0.25, 0.3) is 0 Å². The number of rotatable bonds is 5. The molecule has 4 heteroatoms. The van der Waals surface area contributed by atoms with Gasteiger partial charge in [0.05, 0.1) is 0 Å². The first kappa shape index (κ1) is 14.0. The molecule has 0 aliphatic carbocycles. The van der Waals surface area contributed by atoms with E-state index >= 15 is 0 Å². The van der Waals surface area contributed by atoms with Gasteiger partial charge in [-0.3, -0.25) is 0 Å². The third kappa shape index (κ3) is 3.55. The molecule has 0 aliphatic rings. The molecule has 0 amide bonds. The first-order chi connectivity index (χ1) is 9.10. The number of nitrogens with two attached hydrogens (primary N) is 1. The van der Waals surface area contributed by atoms with Gasteiger partial charge >= 0.3 is 0 Å². The van der Waals surface area contributed by atoms with Gasteiger partial charge in [0.15, 0.2) is 11.6 Å². The van der Waals surface area contributed by atoms with Crippen LogP contribution in [-0.2, 0) is 13.0 Å². The van der Waals surface area contributed by atoms with E-state index in [0.717, 1.165) is 16.9 Å². The normalized spacial score (nSPS) is 12.4. The summed E-state index contributed by atoms with van der Waals surface area (Å²) in [6, 6.07) is 8.81. The lowest BCUT2D eigenvalue weighted by atomic mass is 10.1. The maximum Gasteiger partial charge on any atom is 0.165 e. The molecule has 0 bridgehead atoms. The molecule has 1 heterocycles. The van der Waals surface area contributed by atoms with Crippen molar-refractivity contribution in [1.82, 2.24) is 0 Å². The third-order valence-corrected chi connectivity index (χ3v) is 4.12. The standard InChI is InChI=1S/C15H18FNOS/c1-3-12-5-6-13(19-12)9-18-15-7-4-11(10(2)17)8-14(15)16/h4-8,10H,3,9,17H2,1-2H3. The lowest BCUT2D eigenvalue weighted by molar-refractivity contribution is 0.293. The van der Waals surface area contributed by atoms with E-state index in [2.05, 4.69) is 13.0 Å². The van der Waals surface area contributed by atoms with Gasteiger partial charge in [0.1, 0.15) is 6.61 Å². The van der Waals surface area contributed by atoms with Crippen molar-refractivity contribution in [2.75, 3.05) is 0 Å². The Balaban J connectivity index is 2.03. The van der Waals surface area contributed by atoms with E-state index in [1.807, 2.05) is 13.0 Å². The molecule has 2 nitrogen and oxygen atoms in total. The van der Waals surface area contributed by atoms with Crippen molar-refractivity contribution in [3.63, 3.8) is 0 Å². The van der Waals surface area contributed by atoms with E-state index in [1.54, 1.807) is 23.5 Å². The van der Waals surface area contributed by atoms with E-state index in [9.17, 15) is 4.39 Å². The monoisotopic (exact) mass is 279 g/mol. The minimum atomic E-state index is -0.359. The Labute approximate surface area is 117 Å². The summed E-state index contributed by atoms with van der Waals surface area (Å²) in [4.78, 5) is 2.42. The molecule has 0 spiro atoms. The van der Waals surface area contributed by atoms with Gasteiger partial charge in [-0.05, 0) is 43.2 Å². The van der Waals surface area contributed by atoms with Gasteiger partial charge in [-0.25, -0.2) is 4.39 Å². The van der Waals surface area contributed by atoms with Crippen LogP contribution in [0.15, 0.2) is 30.3 Å². The lowest BCUT2D eigenvalue weighted by Gasteiger charge is -2.09. The van der Waals surface area contributed by atoms with Crippen LogP contribution in [0.5, 0.6) is 5.75 Å². The van der Waals surface area contributed by atoms with Gasteiger partial charge in [-0.15, -0.1) is 11.3 Å². The lowest BCUT2D eigenvalue weighted by Crippen LogP contribution is -2.05. The van der Waals surface area contributed by atoms with Crippen molar-refractivity contribution in [2.24, 2.45) is 5.73 Å². The second kappa shape index (κ2) is 6.17. The van der Waals surface area contributed by atoms with Crippen LogP contribution >= 0.6 is 11.3 Å². The minimum absolute atomic E-state index is 0.173. The molecule has 19 heavy (non-hydrogen) atoms. The Morgan fingerprint density at radius 2 is 2.00 bits per heavy atom. The summed E-state index contributed by atoms with van der Waals surface area (Å²) < 4.78 is 19.3. The first-order valence-electron chi connectivity index (χ1n) is 6.35. The number of hydrogen-bond acceptors (Lipinski definition) is 3. The molecule has 0 radical (unpaired) electrons. The summed E-state index contributed by atoms with van der Waals surface area (Å²) in [6.07, 6.45) is 1.02. The van der Waals surface area contributed by atoms with Crippen LogP contribution < -0.4 is 10.5 Å². The zero-order valence-electron chi connectivity index (χ0n) is 11.2. The number of aryl methyl sites for hydroxylation is 1. The number of benzene rings is 1. The fraction of sp³-hybridized carbons (Fsp3) is 0.333. The highest BCUT2D eigenvalue weighted by molar-refractivity contribution is 7.11. The summed E-state index contributed by atoms with van der Waals surface area (Å²) in [5, 5.41) is 0. The second-order valence-corrected chi connectivity index (χ2v) is 5.74. The Hall–Kier alpha value is -1.39. The molecule has 2 N–H and O–H groups in total. The number of thiophene rings is 1. The topological polar surface area (TPSA) is 35.2 Å². The average molecular weight is 279 g/mol. The van der Waals surface area contributed by atoms with Gasteiger partial charge in [0.2, 0.25) is 0 Å². The van der Waals surface area contributed by atoms with Crippen molar-refractivity contribution in [3.8, 4) is 5.75 Å². The highest BCUT2D eigenvalue weighted by Crippen LogP contribution is 2.24. The van der Waals surface area contributed by atoms with Gasteiger partial charge in [0, 0.05) is 15.8 Å². The second-order valence-electron chi connectivity index (χ2n) is 4.49. The van der Waals surface area contributed by atoms with E-state index in [-0.39, 0.29) is 17.6 Å². The van der Waals surface area contributed by atoms with Gasteiger partial charge in [-0.2, -0.15) is 0 Å². The van der Waals surface area contributed by atoms with Crippen LogP contribution in [0.1, 0.15) is 35.2 Å².